The van der Waals surface area contributed by atoms with Gasteiger partial charge in [0, 0.05) is 45.5 Å². The minimum absolute atomic E-state index is 0.00593. The standard InChI is InChI=1S/C28H23ClN2O2/c29-20-13-7-14-21(17-20)31-22-15-8-16-23(32)25(22)24(18-9-3-1-4-10-18)26(28(31)30)27(33)19-11-5-2-6-12-19/h1-7,9-14,17,24,30,33H,8,15-16H2/t24-/m1/s1. The molecule has 3 aromatic rings. The van der Waals surface area contributed by atoms with Gasteiger partial charge in [0.05, 0.1) is 0 Å². The molecule has 0 amide bonds. The van der Waals surface area contributed by atoms with Crippen molar-refractivity contribution >= 4 is 34.7 Å². The molecule has 164 valence electrons. The molecule has 0 unspecified atom stereocenters. The molecular formula is C28H23ClN2O2. The average molecular weight is 455 g/mol. The Labute approximate surface area is 198 Å². The molecule has 2 aliphatic rings. The summed E-state index contributed by atoms with van der Waals surface area (Å²) < 4.78 is 0. The molecule has 0 spiro atoms. The Hall–Kier alpha value is -3.63. The van der Waals surface area contributed by atoms with Crippen molar-refractivity contribution in [1.29, 1.82) is 5.41 Å². The number of anilines is 1. The summed E-state index contributed by atoms with van der Waals surface area (Å²) in [6.45, 7) is 0. The molecule has 0 bridgehead atoms. The minimum Gasteiger partial charge on any atom is -0.507 e. The summed E-state index contributed by atoms with van der Waals surface area (Å²) in [7, 11) is 0. The van der Waals surface area contributed by atoms with Gasteiger partial charge in [-0.2, -0.15) is 0 Å². The number of carbonyl (C=O) groups excluding carboxylic acids is 1. The van der Waals surface area contributed by atoms with E-state index in [0.717, 1.165) is 17.7 Å². The van der Waals surface area contributed by atoms with Crippen LogP contribution in [0, 0.1) is 5.41 Å². The Bertz CT molecular complexity index is 1300. The van der Waals surface area contributed by atoms with Crippen LogP contribution in [0.5, 0.6) is 0 Å². The fraction of sp³-hybridized carbons (Fsp3) is 0.143. The predicted molar refractivity (Wildman–Crippen MR) is 133 cm³/mol. The molecule has 5 rings (SSSR count). The van der Waals surface area contributed by atoms with E-state index in [1.165, 1.54) is 0 Å². The number of hydrogen-bond donors (Lipinski definition) is 2. The fourth-order valence-electron chi connectivity index (χ4n) is 4.82. The second-order valence-corrected chi connectivity index (χ2v) is 8.71. The number of ketones is 1. The number of Topliss-reactive ketones (excluding diaryl/α,β-unsaturated/α-hetero) is 1. The van der Waals surface area contributed by atoms with E-state index >= 15 is 0 Å². The van der Waals surface area contributed by atoms with Crippen molar-refractivity contribution in [2.75, 3.05) is 4.90 Å². The van der Waals surface area contributed by atoms with Crippen LogP contribution in [0.2, 0.25) is 5.02 Å². The van der Waals surface area contributed by atoms with Crippen LogP contribution in [0.1, 0.15) is 36.3 Å². The van der Waals surface area contributed by atoms with Crippen molar-refractivity contribution in [3.8, 4) is 0 Å². The first-order chi connectivity index (χ1) is 16.1. The zero-order valence-corrected chi connectivity index (χ0v) is 18.7. The largest absolute Gasteiger partial charge is 0.507 e. The second-order valence-electron chi connectivity index (χ2n) is 8.27. The molecule has 1 aliphatic carbocycles. The SMILES string of the molecule is N=C1C(=C(O)c2ccccc2)[C@H](c2ccccc2)C2=C(CCCC2=O)N1c1cccc(Cl)c1. The van der Waals surface area contributed by atoms with Gasteiger partial charge in [0.25, 0.3) is 0 Å². The maximum absolute atomic E-state index is 13.4. The van der Waals surface area contributed by atoms with E-state index in [0.29, 0.717) is 40.3 Å². The van der Waals surface area contributed by atoms with E-state index < -0.39 is 5.92 Å². The van der Waals surface area contributed by atoms with Gasteiger partial charge >= 0.3 is 0 Å². The van der Waals surface area contributed by atoms with Crippen LogP contribution < -0.4 is 4.90 Å². The van der Waals surface area contributed by atoms with Gasteiger partial charge in [-0.1, -0.05) is 78.3 Å². The third kappa shape index (κ3) is 3.77. The Morgan fingerprint density at radius 3 is 2.33 bits per heavy atom. The van der Waals surface area contributed by atoms with Crippen molar-refractivity contribution < 1.29 is 9.90 Å². The van der Waals surface area contributed by atoms with E-state index in [4.69, 9.17) is 11.6 Å². The summed E-state index contributed by atoms with van der Waals surface area (Å²) in [6, 6.07) is 26.2. The van der Waals surface area contributed by atoms with Crippen LogP contribution in [-0.4, -0.2) is 16.7 Å². The summed E-state index contributed by atoms with van der Waals surface area (Å²) in [4.78, 5) is 15.2. The fourth-order valence-corrected chi connectivity index (χ4v) is 5.01. The number of halogens is 1. The molecule has 1 aliphatic heterocycles. The highest BCUT2D eigenvalue weighted by Crippen LogP contribution is 2.47. The summed E-state index contributed by atoms with van der Waals surface area (Å²) in [5.41, 5.74) is 4.09. The smallest absolute Gasteiger partial charge is 0.161 e. The van der Waals surface area contributed by atoms with Gasteiger partial charge in [0.2, 0.25) is 0 Å². The molecule has 0 saturated carbocycles. The molecule has 0 saturated heterocycles. The van der Waals surface area contributed by atoms with Crippen molar-refractivity contribution in [3.63, 3.8) is 0 Å². The third-order valence-corrected chi connectivity index (χ3v) is 6.49. The van der Waals surface area contributed by atoms with Crippen molar-refractivity contribution in [2.24, 2.45) is 0 Å². The molecule has 4 nitrogen and oxygen atoms in total. The monoisotopic (exact) mass is 454 g/mol. The number of nitrogens with one attached hydrogen (secondary N) is 1. The molecular weight excluding hydrogens is 432 g/mol. The normalized spacial score (nSPS) is 20.0. The van der Waals surface area contributed by atoms with Gasteiger partial charge in [-0.3, -0.25) is 15.1 Å². The number of rotatable bonds is 3. The van der Waals surface area contributed by atoms with Gasteiger partial charge in [0.15, 0.2) is 5.78 Å². The zero-order chi connectivity index (χ0) is 22.9. The molecule has 2 N–H and O–H groups in total. The third-order valence-electron chi connectivity index (χ3n) is 6.26. The minimum atomic E-state index is -0.517. The number of hydrogen-bond acceptors (Lipinski definition) is 3. The number of aliphatic hydroxyl groups is 1. The van der Waals surface area contributed by atoms with E-state index in [2.05, 4.69) is 0 Å². The highest BCUT2D eigenvalue weighted by Gasteiger charge is 2.43. The molecule has 1 heterocycles. The highest BCUT2D eigenvalue weighted by atomic mass is 35.5. The second kappa shape index (κ2) is 8.72. The van der Waals surface area contributed by atoms with Crippen molar-refractivity contribution in [2.45, 2.75) is 25.2 Å². The Morgan fingerprint density at radius 2 is 1.64 bits per heavy atom. The maximum atomic E-state index is 13.4. The molecule has 33 heavy (non-hydrogen) atoms. The first-order valence-corrected chi connectivity index (χ1v) is 11.4. The lowest BCUT2D eigenvalue weighted by Crippen LogP contribution is -2.42. The molecule has 0 fully saturated rings. The maximum Gasteiger partial charge on any atom is 0.161 e. The van der Waals surface area contributed by atoms with Crippen molar-refractivity contribution in [3.05, 3.63) is 118 Å². The topological polar surface area (TPSA) is 64.4 Å². The van der Waals surface area contributed by atoms with Gasteiger partial charge in [-0.05, 0) is 36.6 Å². The van der Waals surface area contributed by atoms with Crippen LogP contribution in [-0.2, 0) is 4.79 Å². The van der Waals surface area contributed by atoms with Crippen LogP contribution in [0.25, 0.3) is 5.76 Å². The first-order valence-electron chi connectivity index (χ1n) is 11.0. The predicted octanol–water partition coefficient (Wildman–Crippen LogP) is 6.90. The van der Waals surface area contributed by atoms with Crippen LogP contribution in [0.3, 0.4) is 0 Å². The summed E-state index contributed by atoms with van der Waals surface area (Å²) in [5, 5.41) is 21.3. The molecule has 1 atom stereocenters. The zero-order valence-electron chi connectivity index (χ0n) is 18.0. The van der Waals surface area contributed by atoms with Gasteiger partial charge in [-0.15, -0.1) is 0 Å². The number of amidine groups is 1. The summed E-state index contributed by atoms with van der Waals surface area (Å²) in [6.07, 6.45) is 1.87. The molecule has 5 heteroatoms. The van der Waals surface area contributed by atoms with Crippen molar-refractivity contribution in [1.82, 2.24) is 0 Å². The number of aliphatic hydroxyl groups excluding tert-OH is 1. The van der Waals surface area contributed by atoms with E-state index in [1.807, 2.05) is 72.8 Å². The van der Waals surface area contributed by atoms with E-state index in [1.54, 1.807) is 17.0 Å². The number of allylic oxidation sites excluding steroid dienone is 2. The summed E-state index contributed by atoms with van der Waals surface area (Å²) in [5.74, 6) is -0.299. The molecule has 0 aromatic heterocycles. The Morgan fingerprint density at radius 1 is 0.939 bits per heavy atom. The van der Waals surface area contributed by atoms with E-state index in [-0.39, 0.29) is 17.4 Å². The molecule has 0 radical (unpaired) electrons. The van der Waals surface area contributed by atoms with Gasteiger partial charge in [-0.25, -0.2) is 0 Å². The van der Waals surface area contributed by atoms with Crippen LogP contribution in [0.15, 0.2) is 102 Å². The Kier molecular flexibility index (Phi) is 5.61. The molecule has 3 aromatic carbocycles. The lowest BCUT2D eigenvalue weighted by atomic mass is 9.73. The lowest BCUT2D eigenvalue weighted by Gasteiger charge is -2.41. The number of benzene rings is 3. The van der Waals surface area contributed by atoms with Gasteiger partial charge in [0.1, 0.15) is 11.6 Å². The van der Waals surface area contributed by atoms with Crippen LogP contribution in [0.4, 0.5) is 5.69 Å². The first kappa shape index (κ1) is 21.2. The summed E-state index contributed by atoms with van der Waals surface area (Å²) >= 11 is 6.29. The number of carbonyl (C=O) groups is 1. The number of nitrogens with zero attached hydrogens (tertiary/aromatic N) is 1. The van der Waals surface area contributed by atoms with Crippen LogP contribution >= 0.6 is 11.6 Å². The van der Waals surface area contributed by atoms with E-state index in [9.17, 15) is 15.3 Å². The average Bonchev–Trinajstić information content (AvgIpc) is 2.84. The quantitative estimate of drug-likeness (QED) is 0.423. The van der Waals surface area contributed by atoms with Gasteiger partial charge < -0.3 is 5.11 Å². The Balaban J connectivity index is 1.83. The highest BCUT2D eigenvalue weighted by molar-refractivity contribution is 6.31. The lowest BCUT2D eigenvalue weighted by molar-refractivity contribution is -0.116.